The van der Waals surface area contributed by atoms with E-state index in [1.54, 1.807) is 30.4 Å². The van der Waals surface area contributed by atoms with Gasteiger partial charge in [-0.3, -0.25) is 0 Å². The summed E-state index contributed by atoms with van der Waals surface area (Å²) >= 11 is 5.44. The van der Waals surface area contributed by atoms with E-state index in [4.69, 9.17) is 17.3 Å². The monoisotopic (exact) mass is 183 g/mol. The molecular formula is C9H10ClNO. The zero-order chi connectivity index (χ0) is 8.97. The van der Waals surface area contributed by atoms with Crippen LogP contribution in [-0.4, -0.2) is 11.0 Å². The van der Waals surface area contributed by atoms with Gasteiger partial charge in [-0.05, 0) is 6.07 Å². The van der Waals surface area contributed by atoms with Crippen LogP contribution in [0.2, 0.25) is 0 Å². The quantitative estimate of drug-likeness (QED) is 0.420. The van der Waals surface area contributed by atoms with Crippen LogP contribution in [0.1, 0.15) is 5.56 Å². The zero-order valence-electron chi connectivity index (χ0n) is 6.50. The fourth-order valence-electron chi connectivity index (χ4n) is 0.886. The number of nitrogen functional groups attached to an aromatic ring is 1. The van der Waals surface area contributed by atoms with Gasteiger partial charge in [-0.25, -0.2) is 0 Å². The van der Waals surface area contributed by atoms with Gasteiger partial charge in [-0.15, -0.1) is 11.6 Å². The summed E-state index contributed by atoms with van der Waals surface area (Å²) in [5.41, 5.74) is 6.55. The van der Waals surface area contributed by atoms with Crippen molar-refractivity contribution in [2.75, 3.05) is 11.6 Å². The number of benzene rings is 1. The Balaban J connectivity index is 3.00. The number of phenolic OH excluding ortho intramolecular Hbond substituents is 1. The Labute approximate surface area is 76.3 Å². The molecule has 0 aliphatic carbocycles. The summed E-state index contributed by atoms with van der Waals surface area (Å²) in [4.78, 5) is 0. The van der Waals surface area contributed by atoms with Gasteiger partial charge >= 0.3 is 0 Å². The van der Waals surface area contributed by atoms with E-state index in [-0.39, 0.29) is 5.75 Å². The van der Waals surface area contributed by atoms with Gasteiger partial charge in [0.15, 0.2) is 0 Å². The van der Waals surface area contributed by atoms with Crippen LogP contribution < -0.4 is 5.73 Å². The second kappa shape index (κ2) is 4.02. The first-order valence-electron chi connectivity index (χ1n) is 3.55. The molecule has 0 aliphatic rings. The van der Waals surface area contributed by atoms with E-state index >= 15 is 0 Å². The molecule has 1 aromatic rings. The van der Waals surface area contributed by atoms with Crippen LogP contribution in [0.4, 0.5) is 5.69 Å². The minimum atomic E-state index is 0.110. The molecule has 0 spiro atoms. The van der Waals surface area contributed by atoms with E-state index in [2.05, 4.69) is 0 Å². The first-order chi connectivity index (χ1) is 5.75. The number of hydrogen-bond donors (Lipinski definition) is 2. The number of aromatic hydroxyl groups is 1. The Morgan fingerprint density at radius 3 is 2.92 bits per heavy atom. The number of anilines is 1. The van der Waals surface area contributed by atoms with Crippen LogP contribution in [0.5, 0.6) is 5.75 Å². The third kappa shape index (κ3) is 1.92. The van der Waals surface area contributed by atoms with Crippen molar-refractivity contribution in [3.63, 3.8) is 0 Å². The molecule has 0 saturated carbocycles. The highest BCUT2D eigenvalue weighted by molar-refractivity contribution is 6.19. The summed E-state index contributed by atoms with van der Waals surface area (Å²) in [6.07, 6.45) is 3.48. The molecule has 0 atom stereocenters. The largest absolute Gasteiger partial charge is 0.505 e. The van der Waals surface area contributed by atoms with E-state index < -0.39 is 0 Å². The lowest BCUT2D eigenvalue weighted by Gasteiger charge is -2.00. The van der Waals surface area contributed by atoms with Crippen LogP contribution in [0.3, 0.4) is 0 Å². The van der Waals surface area contributed by atoms with Crippen molar-refractivity contribution in [2.24, 2.45) is 0 Å². The molecule has 0 aromatic heterocycles. The maximum atomic E-state index is 9.40. The molecule has 1 aromatic carbocycles. The second-order valence-electron chi connectivity index (χ2n) is 2.34. The molecule has 64 valence electrons. The van der Waals surface area contributed by atoms with Crippen LogP contribution in [-0.2, 0) is 0 Å². The van der Waals surface area contributed by atoms with E-state index in [0.29, 0.717) is 17.1 Å². The van der Waals surface area contributed by atoms with Crippen molar-refractivity contribution in [3.8, 4) is 5.75 Å². The number of para-hydroxylation sites is 1. The number of halogens is 1. The summed E-state index contributed by atoms with van der Waals surface area (Å²) in [6, 6.07) is 5.20. The van der Waals surface area contributed by atoms with Gasteiger partial charge in [-0.1, -0.05) is 24.3 Å². The van der Waals surface area contributed by atoms with Gasteiger partial charge in [0.1, 0.15) is 5.75 Å². The summed E-state index contributed by atoms with van der Waals surface area (Å²) in [7, 11) is 0. The lowest BCUT2D eigenvalue weighted by Crippen LogP contribution is -1.86. The molecule has 0 saturated heterocycles. The predicted octanol–water partition coefficient (Wildman–Crippen LogP) is 2.23. The van der Waals surface area contributed by atoms with Crippen molar-refractivity contribution in [2.45, 2.75) is 0 Å². The molecule has 0 heterocycles. The minimum absolute atomic E-state index is 0.110. The van der Waals surface area contributed by atoms with Crippen molar-refractivity contribution in [1.82, 2.24) is 0 Å². The smallest absolute Gasteiger partial charge is 0.145 e. The third-order valence-corrected chi connectivity index (χ3v) is 1.66. The topological polar surface area (TPSA) is 46.2 Å². The van der Waals surface area contributed by atoms with Crippen LogP contribution in [0, 0.1) is 0 Å². The van der Waals surface area contributed by atoms with Gasteiger partial charge in [0.2, 0.25) is 0 Å². The fraction of sp³-hybridized carbons (Fsp3) is 0.111. The number of nitrogens with two attached hydrogens (primary N) is 1. The average Bonchev–Trinajstić information content (AvgIpc) is 2.08. The summed E-state index contributed by atoms with van der Waals surface area (Å²) in [5.74, 6) is 0.535. The summed E-state index contributed by atoms with van der Waals surface area (Å²) in [5, 5.41) is 9.40. The first kappa shape index (κ1) is 8.94. The van der Waals surface area contributed by atoms with Crippen molar-refractivity contribution >= 4 is 23.4 Å². The molecule has 0 fully saturated rings. The fourth-order valence-corrected chi connectivity index (χ4v) is 0.975. The molecule has 1 rings (SSSR count). The second-order valence-corrected chi connectivity index (χ2v) is 2.65. The lowest BCUT2D eigenvalue weighted by molar-refractivity contribution is 0.476. The molecular weight excluding hydrogens is 174 g/mol. The van der Waals surface area contributed by atoms with E-state index in [0.717, 1.165) is 0 Å². The van der Waals surface area contributed by atoms with Gasteiger partial charge in [0.25, 0.3) is 0 Å². The maximum Gasteiger partial charge on any atom is 0.145 e. The third-order valence-electron chi connectivity index (χ3n) is 1.48. The number of phenols is 1. The van der Waals surface area contributed by atoms with Crippen LogP contribution in [0.15, 0.2) is 24.3 Å². The minimum Gasteiger partial charge on any atom is -0.505 e. The Bertz CT molecular complexity index is 297. The molecule has 12 heavy (non-hydrogen) atoms. The maximum absolute atomic E-state index is 9.40. The van der Waals surface area contributed by atoms with Gasteiger partial charge in [-0.2, -0.15) is 0 Å². The summed E-state index contributed by atoms with van der Waals surface area (Å²) < 4.78 is 0. The molecule has 0 amide bonds. The lowest BCUT2D eigenvalue weighted by atomic mass is 10.1. The molecule has 0 bridgehead atoms. The highest BCUT2D eigenvalue weighted by atomic mass is 35.5. The van der Waals surface area contributed by atoms with E-state index in [1.807, 2.05) is 0 Å². The Morgan fingerprint density at radius 2 is 2.25 bits per heavy atom. The number of hydrogen-bond acceptors (Lipinski definition) is 2. The van der Waals surface area contributed by atoms with Crippen molar-refractivity contribution in [3.05, 3.63) is 29.8 Å². The Morgan fingerprint density at radius 1 is 1.50 bits per heavy atom. The molecule has 0 radical (unpaired) electrons. The van der Waals surface area contributed by atoms with Crippen LogP contribution in [0.25, 0.3) is 6.08 Å². The Kier molecular flexibility index (Phi) is 3.00. The summed E-state index contributed by atoms with van der Waals surface area (Å²) in [6.45, 7) is 0. The van der Waals surface area contributed by atoms with E-state index in [9.17, 15) is 5.11 Å². The van der Waals surface area contributed by atoms with Crippen molar-refractivity contribution in [1.29, 1.82) is 0 Å². The van der Waals surface area contributed by atoms with E-state index in [1.165, 1.54) is 0 Å². The molecule has 0 aliphatic heterocycles. The number of alkyl halides is 1. The van der Waals surface area contributed by atoms with Gasteiger partial charge < -0.3 is 10.8 Å². The normalized spacial score (nSPS) is 10.8. The first-order valence-corrected chi connectivity index (χ1v) is 4.09. The number of rotatable bonds is 2. The predicted molar refractivity (Wildman–Crippen MR) is 52.3 cm³/mol. The molecule has 3 N–H and O–H groups in total. The Hall–Kier alpha value is -1.15. The highest BCUT2D eigenvalue weighted by Gasteiger charge is 1.99. The van der Waals surface area contributed by atoms with Gasteiger partial charge in [0, 0.05) is 11.4 Å². The highest BCUT2D eigenvalue weighted by Crippen LogP contribution is 2.25. The molecule has 3 heteroatoms. The number of allylic oxidation sites excluding steroid dienone is 1. The zero-order valence-corrected chi connectivity index (χ0v) is 7.25. The van der Waals surface area contributed by atoms with Crippen molar-refractivity contribution < 1.29 is 5.11 Å². The SMILES string of the molecule is Nc1cccc(C=CCCl)c1O. The average molecular weight is 184 g/mol. The standard InChI is InChI=1S/C9H10ClNO/c10-6-2-4-7-3-1-5-8(11)9(7)12/h1-5,12H,6,11H2. The molecule has 0 unspecified atom stereocenters. The molecule has 2 nitrogen and oxygen atoms in total. The van der Waals surface area contributed by atoms with Gasteiger partial charge in [0.05, 0.1) is 5.69 Å². The van der Waals surface area contributed by atoms with Crippen LogP contribution >= 0.6 is 11.6 Å².